The van der Waals surface area contributed by atoms with Gasteiger partial charge in [-0.2, -0.15) is 0 Å². The van der Waals surface area contributed by atoms with Gasteiger partial charge in [0.2, 0.25) is 3.79 Å². The summed E-state index contributed by atoms with van der Waals surface area (Å²) in [4.78, 5) is 4.36. The number of nitrogens with zero attached hydrogens (tertiary/aromatic N) is 1. The van der Waals surface area contributed by atoms with Crippen LogP contribution >= 0.6 is 34.8 Å². The summed E-state index contributed by atoms with van der Waals surface area (Å²) < 4.78 is -1.37. The molecule has 0 aliphatic rings. The van der Waals surface area contributed by atoms with E-state index in [4.69, 9.17) is 34.8 Å². The second-order valence-corrected chi connectivity index (χ2v) is 6.30. The van der Waals surface area contributed by atoms with Gasteiger partial charge in [0.15, 0.2) is 0 Å². The van der Waals surface area contributed by atoms with E-state index in [2.05, 4.69) is 24.0 Å². The van der Waals surface area contributed by atoms with Gasteiger partial charge in [-0.3, -0.25) is 4.99 Å². The number of aliphatic imine (C=N–C) groups is 1. The number of alkyl halides is 3. The van der Waals surface area contributed by atoms with E-state index in [1.54, 1.807) is 12.3 Å². The number of hydrogen-bond donors (Lipinski definition) is 0. The first kappa shape index (κ1) is 14.6. The quantitative estimate of drug-likeness (QED) is 0.522. The number of hydrogen-bond acceptors (Lipinski definition) is 1. The van der Waals surface area contributed by atoms with Crippen molar-refractivity contribution < 1.29 is 0 Å². The van der Waals surface area contributed by atoms with Crippen molar-refractivity contribution in [3.05, 3.63) is 41.0 Å². The molecule has 1 aromatic carbocycles. The highest BCUT2D eigenvalue weighted by Gasteiger charge is 2.12. The molecule has 0 unspecified atom stereocenters. The van der Waals surface area contributed by atoms with Gasteiger partial charge >= 0.3 is 0 Å². The van der Waals surface area contributed by atoms with Crippen LogP contribution in [0.5, 0.6) is 0 Å². The number of benzene rings is 1. The molecule has 1 nitrogen and oxygen atoms in total. The second-order valence-electron chi connectivity index (χ2n) is 3.93. The van der Waals surface area contributed by atoms with Crippen LogP contribution in [0.3, 0.4) is 0 Å². The Kier molecular flexibility index (Phi) is 5.05. The SMILES string of the molecule is Cc1cc(C)c(/N=C/C=C\C(Cl)(Cl)Cl)c(C)c1. The van der Waals surface area contributed by atoms with Crippen LogP contribution in [0.2, 0.25) is 0 Å². The van der Waals surface area contributed by atoms with Gasteiger partial charge in [-0.15, -0.1) is 0 Å². The summed E-state index contributed by atoms with van der Waals surface area (Å²) in [6, 6.07) is 4.19. The van der Waals surface area contributed by atoms with Crippen molar-refractivity contribution in [2.75, 3.05) is 0 Å². The minimum Gasteiger partial charge on any atom is -0.256 e. The molecular weight excluding hydrogens is 277 g/mol. The van der Waals surface area contributed by atoms with Crippen molar-refractivity contribution in [1.29, 1.82) is 0 Å². The van der Waals surface area contributed by atoms with E-state index in [0.717, 1.165) is 16.8 Å². The summed E-state index contributed by atoms with van der Waals surface area (Å²) >= 11 is 16.7. The van der Waals surface area contributed by atoms with Crippen molar-refractivity contribution in [3.63, 3.8) is 0 Å². The zero-order chi connectivity index (χ0) is 13.1. The van der Waals surface area contributed by atoms with Crippen LogP contribution < -0.4 is 0 Å². The number of rotatable bonds is 2. The van der Waals surface area contributed by atoms with E-state index in [-0.39, 0.29) is 0 Å². The van der Waals surface area contributed by atoms with Gasteiger partial charge in [-0.05, 0) is 44.1 Å². The molecule has 4 heteroatoms. The molecule has 17 heavy (non-hydrogen) atoms. The van der Waals surface area contributed by atoms with Crippen molar-refractivity contribution in [2.24, 2.45) is 4.99 Å². The molecular formula is C13H14Cl3N. The fourth-order valence-corrected chi connectivity index (χ4v) is 1.86. The van der Waals surface area contributed by atoms with E-state index >= 15 is 0 Å². The van der Waals surface area contributed by atoms with Crippen molar-refractivity contribution in [1.82, 2.24) is 0 Å². The van der Waals surface area contributed by atoms with Gasteiger partial charge in [0.25, 0.3) is 0 Å². The highest BCUT2D eigenvalue weighted by molar-refractivity contribution is 6.69. The molecule has 0 amide bonds. The van der Waals surface area contributed by atoms with Crippen LogP contribution in [0.15, 0.2) is 29.3 Å². The monoisotopic (exact) mass is 289 g/mol. The fraction of sp³-hybridized carbons (Fsp3) is 0.308. The summed E-state index contributed by atoms with van der Waals surface area (Å²) in [7, 11) is 0. The average molecular weight is 291 g/mol. The molecule has 0 fully saturated rings. The number of allylic oxidation sites excluding steroid dienone is 2. The Morgan fingerprint density at radius 1 is 1.06 bits per heavy atom. The third-order valence-corrected chi connectivity index (χ3v) is 2.59. The molecule has 0 aliphatic carbocycles. The van der Waals surface area contributed by atoms with Gasteiger partial charge in [-0.25, -0.2) is 0 Å². The first-order valence-corrected chi connectivity index (χ1v) is 6.29. The predicted octanol–water partition coefficient (Wildman–Crippen LogP) is 5.24. The summed E-state index contributed by atoms with van der Waals surface area (Å²) in [5.41, 5.74) is 4.47. The highest BCUT2D eigenvalue weighted by atomic mass is 35.6. The van der Waals surface area contributed by atoms with E-state index in [0.29, 0.717) is 0 Å². The molecule has 92 valence electrons. The Morgan fingerprint density at radius 2 is 1.59 bits per heavy atom. The standard InChI is InChI=1S/C13H14Cl3N/c1-9-7-10(2)12(11(3)8-9)17-6-4-5-13(14,15)16/h4-8H,1-3H3/b5-4-,17-6+. The first-order chi connectivity index (χ1) is 7.79. The Labute approximate surface area is 117 Å². The molecule has 0 spiro atoms. The Bertz CT molecular complexity index is 433. The Balaban J connectivity index is 2.89. The first-order valence-electron chi connectivity index (χ1n) is 5.16. The summed E-state index contributed by atoms with van der Waals surface area (Å²) in [6.07, 6.45) is 4.72. The van der Waals surface area contributed by atoms with Crippen molar-refractivity contribution in [3.8, 4) is 0 Å². The molecule has 0 N–H and O–H groups in total. The van der Waals surface area contributed by atoms with Crippen molar-refractivity contribution in [2.45, 2.75) is 24.6 Å². The largest absolute Gasteiger partial charge is 0.256 e. The van der Waals surface area contributed by atoms with Crippen LogP contribution in [0.4, 0.5) is 5.69 Å². The molecule has 1 aromatic rings. The molecule has 1 rings (SSSR count). The van der Waals surface area contributed by atoms with Gasteiger partial charge in [0.05, 0.1) is 5.69 Å². The lowest BCUT2D eigenvalue weighted by Crippen LogP contribution is -1.93. The zero-order valence-corrected chi connectivity index (χ0v) is 12.2. The van der Waals surface area contributed by atoms with Crippen LogP contribution in [-0.2, 0) is 0 Å². The molecule has 0 saturated heterocycles. The molecule has 0 bridgehead atoms. The van der Waals surface area contributed by atoms with Gasteiger partial charge < -0.3 is 0 Å². The summed E-state index contributed by atoms with van der Waals surface area (Å²) in [6.45, 7) is 6.13. The minimum atomic E-state index is -1.37. The smallest absolute Gasteiger partial charge is 0.209 e. The molecule has 0 aliphatic heterocycles. The molecule has 0 atom stereocenters. The highest BCUT2D eigenvalue weighted by Crippen LogP contribution is 2.27. The van der Waals surface area contributed by atoms with E-state index < -0.39 is 3.79 Å². The Hall–Kier alpha value is -0.500. The summed E-state index contributed by atoms with van der Waals surface area (Å²) in [5, 5.41) is 0. The number of aryl methyl sites for hydroxylation is 3. The van der Waals surface area contributed by atoms with Crippen molar-refractivity contribution >= 4 is 46.7 Å². The fourth-order valence-electron chi connectivity index (χ4n) is 1.65. The van der Waals surface area contributed by atoms with Gasteiger partial charge in [-0.1, -0.05) is 52.5 Å². The third-order valence-electron chi connectivity index (χ3n) is 2.21. The molecule has 0 saturated carbocycles. The lowest BCUT2D eigenvalue weighted by Gasteiger charge is -2.05. The third kappa shape index (κ3) is 5.12. The minimum absolute atomic E-state index is 0.963. The van der Waals surface area contributed by atoms with Crippen LogP contribution in [0.1, 0.15) is 16.7 Å². The van der Waals surface area contributed by atoms with Crippen LogP contribution in [0.25, 0.3) is 0 Å². The topological polar surface area (TPSA) is 12.4 Å². The number of halogens is 3. The van der Waals surface area contributed by atoms with Crippen LogP contribution in [-0.4, -0.2) is 10.0 Å². The lowest BCUT2D eigenvalue weighted by molar-refractivity contribution is 1.29. The predicted molar refractivity (Wildman–Crippen MR) is 78.2 cm³/mol. The van der Waals surface area contributed by atoms with Gasteiger partial charge in [0, 0.05) is 6.21 Å². The van der Waals surface area contributed by atoms with Crippen LogP contribution in [0, 0.1) is 20.8 Å². The van der Waals surface area contributed by atoms with Gasteiger partial charge in [0.1, 0.15) is 0 Å². The Morgan fingerprint density at radius 3 is 2.06 bits per heavy atom. The molecule has 0 aromatic heterocycles. The molecule has 0 heterocycles. The lowest BCUT2D eigenvalue weighted by atomic mass is 10.1. The maximum Gasteiger partial charge on any atom is 0.209 e. The van der Waals surface area contributed by atoms with E-state index in [1.807, 2.05) is 13.8 Å². The average Bonchev–Trinajstić information content (AvgIpc) is 2.13. The summed E-state index contributed by atoms with van der Waals surface area (Å²) in [5.74, 6) is 0. The zero-order valence-electron chi connectivity index (χ0n) is 9.97. The van der Waals surface area contributed by atoms with E-state index in [9.17, 15) is 0 Å². The maximum absolute atomic E-state index is 5.58. The normalized spacial score (nSPS) is 12.8. The van der Waals surface area contributed by atoms with E-state index in [1.165, 1.54) is 11.6 Å². The molecule has 0 radical (unpaired) electrons. The maximum atomic E-state index is 5.58. The second kappa shape index (κ2) is 5.90.